The molecule has 0 aliphatic carbocycles. The van der Waals surface area contributed by atoms with Crippen molar-refractivity contribution in [3.63, 3.8) is 0 Å². The number of aromatic nitrogens is 1. The van der Waals surface area contributed by atoms with Crippen LogP contribution in [0.15, 0.2) is 6.07 Å². The second-order valence-electron chi connectivity index (χ2n) is 3.29. The highest BCUT2D eigenvalue weighted by molar-refractivity contribution is 5.44. The van der Waals surface area contributed by atoms with E-state index in [1.165, 1.54) is 6.07 Å². The summed E-state index contributed by atoms with van der Waals surface area (Å²) in [6.45, 7) is 0. The van der Waals surface area contributed by atoms with Gasteiger partial charge in [0.1, 0.15) is 12.0 Å². The highest BCUT2D eigenvalue weighted by atomic mass is 19.4. The summed E-state index contributed by atoms with van der Waals surface area (Å²) >= 11 is 0. The molecule has 0 aromatic carbocycles. The van der Waals surface area contributed by atoms with Crippen LogP contribution in [-0.4, -0.2) is 16.3 Å². The van der Waals surface area contributed by atoms with E-state index in [0.717, 1.165) is 0 Å². The van der Waals surface area contributed by atoms with Crippen molar-refractivity contribution in [1.29, 1.82) is 5.26 Å². The Kier molecular flexibility index (Phi) is 4.38. The summed E-state index contributed by atoms with van der Waals surface area (Å²) in [5.74, 6) is -2.49. The van der Waals surface area contributed by atoms with E-state index in [2.05, 4.69) is 9.72 Å². The van der Waals surface area contributed by atoms with E-state index < -0.39 is 47.0 Å². The smallest absolute Gasteiger partial charge is 0.401 e. The van der Waals surface area contributed by atoms with Gasteiger partial charge in [-0.25, -0.2) is 8.78 Å². The van der Waals surface area contributed by atoms with E-state index in [9.17, 15) is 32.1 Å². The van der Waals surface area contributed by atoms with E-state index in [1.807, 2.05) is 0 Å². The van der Waals surface area contributed by atoms with Crippen molar-refractivity contribution in [1.82, 2.24) is 4.98 Å². The van der Waals surface area contributed by atoms with Crippen molar-refractivity contribution in [3.8, 4) is 11.8 Å². The van der Waals surface area contributed by atoms with Gasteiger partial charge < -0.3 is 14.9 Å². The van der Waals surface area contributed by atoms with E-state index >= 15 is 0 Å². The van der Waals surface area contributed by atoms with Crippen LogP contribution in [0.2, 0.25) is 0 Å². The third kappa shape index (κ3) is 3.74. The molecule has 20 heavy (non-hydrogen) atoms. The minimum absolute atomic E-state index is 0.163. The standard InChI is InChI=1S/C9H4F5N3O3/c10-7(11)4-3-6(20-9(12,13)14)5(1-2-15)16-8(4)17(18)19/h3,7H,1H2. The van der Waals surface area contributed by atoms with Gasteiger partial charge in [-0.3, -0.25) is 0 Å². The van der Waals surface area contributed by atoms with Crippen LogP contribution in [0.3, 0.4) is 0 Å². The molecule has 0 unspecified atom stereocenters. The monoisotopic (exact) mass is 297 g/mol. The lowest BCUT2D eigenvalue weighted by Gasteiger charge is -2.11. The fourth-order valence-corrected chi connectivity index (χ4v) is 1.26. The molecular formula is C9H4F5N3O3. The zero-order valence-electron chi connectivity index (χ0n) is 9.32. The average Bonchev–Trinajstić information content (AvgIpc) is 2.28. The summed E-state index contributed by atoms with van der Waals surface area (Å²) in [6, 6.07) is 1.57. The zero-order chi connectivity index (χ0) is 15.5. The van der Waals surface area contributed by atoms with Crippen molar-refractivity contribution in [3.05, 3.63) is 27.4 Å². The zero-order valence-corrected chi connectivity index (χ0v) is 9.32. The summed E-state index contributed by atoms with van der Waals surface area (Å²) in [4.78, 5) is 12.3. The van der Waals surface area contributed by atoms with Gasteiger partial charge in [0.2, 0.25) is 5.69 Å². The number of nitro groups is 1. The predicted octanol–water partition coefficient (Wildman–Crippen LogP) is 2.89. The minimum Gasteiger partial charge on any atom is -0.401 e. The number of ether oxygens (including phenoxy) is 1. The fraction of sp³-hybridized carbons (Fsp3) is 0.333. The average molecular weight is 297 g/mol. The van der Waals surface area contributed by atoms with E-state index in [1.54, 1.807) is 0 Å². The molecule has 0 amide bonds. The number of hydrogen-bond donors (Lipinski definition) is 0. The molecule has 0 aliphatic heterocycles. The molecule has 11 heteroatoms. The van der Waals surface area contributed by atoms with Crippen LogP contribution in [0, 0.1) is 21.4 Å². The molecule has 0 bridgehead atoms. The normalized spacial score (nSPS) is 11.2. The maximum absolute atomic E-state index is 12.6. The molecule has 108 valence electrons. The Labute approximate surface area is 107 Å². The Balaban J connectivity index is 3.45. The summed E-state index contributed by atoms with van der Waals surface area (Å²) in [5, 5.41) is 18.9. The van der Waals surface area contributed by atoms with Crippen molar-refractivity contribution >= 4 is 5.82 Å². The highest BCUT2D eigenvalue weighted by Gasteiger charge is 2.36. The first-order valence-electron chi connectivity index (χ1n) is 4.74. The lowest BCUT2D eigenvalue weighted by molar-refractivity contribution is -0.391. The Bertz CT molecular complexity index is 567. The number of alkyl halides is 5. The Morgan fingerprint density at radius 1 is 1.50 bits per heavy atom. The molecule has 0 spiro atoms. The molecule has 1 aromatic rings. The molecule has 0 saturated carbocycles. The van der Waals surface area contributed by atoms with Gasteiger partial charge in [0.25, 0.3) is 6.43 Å². The van der Waals surface area contributed by atoms with Gasteiger partial charge in [-0.1, -0.05) is 0 Å². The van der Waals surface area contributed by atoms with Gasteiger partial charge in [0.05, 0.1) is 6.07 Å². The van der Waals surface area contributed by atoms with Gasteiger partial charge >= 0.3 is 12.2 Å². The predicted molar refractivity (Wildman–Crippen MR) is 51.8 cm³/mol. The first kappa shape index (κ1) is 15.5. The molecule has 0 fully saturated rings. The number of pyridine rings is 1. The topological polar surface area (TPSA) is 89.0 Å². The van der Waals surface area contributed by atoms with E-state index in [4.69, 9.17) is 5.26 Å². The molecule has 0 aliphatic rings. The van der Waals surface area contributed by atoms with Crippen molar-refractivity contribution < 1.29 is 31.6 Å². The SMILES string of the molecule is N#CCc1nc([N+](=O)[O-])c(C(F)F)cc1OC(F)(F)F. The van der Waals surface area contributed by atoms with Crippen molar-refractivity contribution in [2.75, 3.05) is 0 Å². The van der Waals surface area contributed by atoms with E-state index in [0.29, 0.717) is 0 Å². The van der Waals surface area contributed by atoms with Gasteiger partial charge in [0.15, 0.2) is 5.75 Å². The summed E-state index contributed by atoms with van der Waals surface area (Å²) in [7, 11) is 0. The van der Waals surface area contributed by atoms with Crippen LogP contribution in [-0.2, 0) is 6.42 Å². The minimum atomic E-state index is -5.21. The second kappa shape index (κ2) is 5.64. The molecular weight excluding hydrogens is 293 g/mol. The van der Waals surface area contributed by atoms with Gasteiger partial charge in [-0.2, -0.15) is 5.26 Å². The first-order chi connectivity index (χ1) is 9.15. The van der Waals surface area contributed by atoms with Gasteiger partial charge in [0, 0.05) is 6.07 Å². The number of halogens is 5. The van der Waals surface area contributed by atoms with Crippen LogP contribution < -0.4 is 4.74 Å². The molecule has 0 saturated heterocycles. The van der Waals surface area contributed by atoms with Crippen LogP contribution in [0.1, 0.15) is 17.7 Å². The maximum atomic E-state index is 12.6. The van der Waals surface area contributed by atoms with Crippen LogP contribution in [0.25, 0.3) is 0 Å². The van der Waals surface area contributed by atoms with Crippen molar-refractivity contribution in [2.24, 2.45) is 0 Å². The summed E-state index contributed by atoms with van der Waals surface area (Å²) in [5.41, 5.74) is -2.07. The molecule has 1 heterocycles. The Morgan fingerprint density at radius 2 is 2.10 bits per heavy atom. The van der Waals surface area contributed by atoms with Crippen LogP contribution in [0.5, 0.6) is 5.75 Å². The molecule has 0 atom stereocenters. The second-order valence-corrected chi connectivity index (χ2v) is 3.29. The third-order valence-electron chi connectivity index (χ3n) is 1.95. The van der Waals surface area contributed by atoms with Crippen LogP contribution >= 0.6 is 0 Å². The first-order valence-corrected chi connectivity index (χ1v) is 4.74. The van der Waals surface area contributed by atoms with E-state index in [-0.39, 0.29) is 6.07 Å². The maximum Gasteiger partial charge on any atom is 0.573 e. The van der Waals surface area contributed by atoms with Crippen molar-refractivity contribution in [2.45, 2.75) is 19.2 Å². The fourth-order valence-electron chi connectivity index (χ4n) is 1.26. The quantitative estimate of drug-likeness (QED) is 0.484. The number of hydrogen-bond acceptors (Lipinski definition) is 5. The lowest BCUT2D eigenvalue weighted by Crippen LogP contribution is -2.19. The Morgan fingerprint density at radius 3 is 2.50 bits per heavy atom. The summed E-state index contributed by atoms with van der Waals surface area (Å²) < 4.78 is 64.9. The molecule has 1 rings (SSSR count). The number of nitrogens with zero attached hydrogens (tertiary/aromatic N) is 3. The van der Waals surface area contributed by atoms with Gasteiger partial charge in [-0.15, -0.1) is 13.2 Å². The number of nitriles is 1. The molecule has 0 N–H and O–H groups in total. The highest BCUT2D eigenvalue weighted by Crippen LogP contribution is 2.34. The molecule has 6 nitrogen and oxygen atoms in total. The van der Waals surface area contributed by atoms with Gasteiger partial charge in [-0.05, 0) is 9.91 Å². The Hall–Kier alpha value is -2.51. The molecule has 0 radical (unpaired) electrons. The lowest BCUT2D eigenvalue weighted by atomic mass is 10.2. The largest absolute Gasteiger partial charge is 0.573 e. The summed E-state index contributed by atoms with van der Waals surface area (Å²) in [6.07, 6.45) is -9.40. The number of rotatable bonds is 4. The van der Waals surface area contributed by atoms with Crippen LogP contribution in [0.4, 0.5) is 27.8 Å². The third-order valence-corrected chi connectivity index (χ3v) is 1.95. The molecule has 1 aromatic heterocycles.